The molecule has 140 valence electrons. The fourth-order valence-electron chi connectivity index (χ4n) is 4.13. The second kappa shape index (κ2) is 7.43. The Morgan fingerprint density at radius 2 is 1.67 bits per heavy atom. The number of methoxy groups -OCH3 is 1. The van der Waals surface area contributed by atoms with Crippen LogP contribution in [0, 0.1) is 5.92 Å². The summed E-state index contributed by atoms with van der Waals surface area (Å²) < 4.78 is 5.45. The normalized spacial score (nSPS) is 19.6. The molecule has 0 N–H and O–H groups in total. The van der Waals surface area contributed by atoms with Crippen molar-refractivity contribution >= 4 is 17.4 Å². The Kier molecular flexibility index (Phi) is 4.84. The molecule has 2 aromatic carbocycles. The minimum absolute atomic E-state index is 0.0860. The molecule has 5 nitrogen and oxygen atoms in total. The number of nitrogens with zero attached hydrogens (tertiary/aromatic N) is 2. The Morgan fingerprint density at radius 1 is 0.963 bits per heavy atom. The molecule has 1 amide bonds. The molecule has 27 heavy (non-hydrogen) atoms. The SMILES string of the molecule is COc1ccccc1N1CCN(C(=O)C2CC(=O)c3ccccc3C2)CC1. The number of benzene rings is 2. The molecular formula is C22H24N2O3. The average molecular weight is 364 g/mol. The molecular weight excluding hydrogens is 340 g/mol. The van der Waals surface area contributed by atoms with E-state index in [1.165, 1.54) is 0 Å². The van der Waals surface area contributed by atoms with E-state index >= 15 is 0 Å². The number of hydrogen-bond donors (Lipinski definition) is 0. The maximum absolute atomic E-state index is 13.0. The number of amides is 1. The minimum atomic E-state index is -0.231. The molecule has 0 spiro atoms. The van der Waals surface area contributed by atoms with Gasteiger partial charge in [0.2, 0.25) is 5.91 Å². The molecule has 1 fully saturated rings. The smallest absolute Gasteiger partial charge is 0.226 e. The average Bonchev–Trinajstić information content (AvgIpc) is 2.73. The first-order chi connectivity index (χ1) is 13.2. The number of anilines is 1. The van der Waals surface area contributed by atoms with Gasteiger partial charge in [-0.05, 0) is 24.1 Å². The van der Waals surface area contributed by atoms with Crippen molar-refractivity contribution in [1.29, 1.82) is 0 Å². The predicted octanol–water partition coefficient (Wildman–Crippen LogP) is 2.79. The predicted molar refractivity (Wildman–Crippen MR) is 104 cm³/mol. The van der Waals surface area contributed by atoms with Crippen LogP contribution in [0.25, 0.3) is 0 Å². The highest BCUT2D eigenvalue weighted by atomic mass is 16.5. The summed E-state index contributed by atoms with van der Waals surface area (Å²) in [5.41, 5.74) is 2.84. The monoisotopic (exact) mass is 364 g/mol. The number of para-hydroxylation sites is 2. The van der Waals surface area contributed by atoms with E-state index in [-0.39, 0.29) is 17.6 Å². The van der Waals surface area contributed by atoms with Crippen molar-refractivity contribution in [3.63, 3.8) is 0 Å². The summed E-state index contributed by atoms with van der Waals surface area (Å²) in [5, 5.41) is 0. The summed E-state index contributed by atoms with van der Waals surface area (Å²) in [4.78, 5) is 29.6. The lowest BCUT2D eigenvalue weighted by atomic mass is 9.82. The number of Topliss-reactive ketones (excluding diaryl/α,β-unsaturated/α-hetero) is 1. The van der Waals surface area contributed by atoms with Gasteiger partial charge in [-0.3, -0.25) is 9.59 Å². The van der Waals surface area contributed by atoms with Gasteiger partial charge in [0.15, 0.2) is 5.78 Å². The van der Waals surface area contributed by atoms with E-state index in [1.807, 2.05) is 53.4 Å². The Morgan fingerprint density at radius 3 is 2.44 bits per heavy atom. The van der Waals surface area contributed by atoms with Gasteiger partial charge in [-0.25, -0.2) is 0 Å². The summed E-state index contributed by atoms with van der Waals surface area (Å²) in [6, 6.07) is 15.6. The van der Waals surface area contributed by atoms with Gasteiger partial charge in [-0.15, -0.1) is 0 Å². The lowest BCUT2D eigenvalue weighted by molar-refractivity contribution is -0.135. The van der Waals surface area contributed by atoms with Crippen LogP contribution in [0.3, 0.4) is 0 Å². The van der Waals surface area contributed by atoms with Crippen molar-refractivity contribution in [2.75, 3.05) is 38.2 Å². The molecule has 0 saturated carbocycles. The summed E-state index contributed by atoms with van der Waals surface area (Å²) in [5.74, 6) is 0.817. The largest absolute Gasteiger partial charge is 0.495 e. The van der Waals surface area contributed by atoms with Gasteiger partial charge in [-0.1, -0.05) is 36.4 Å². The van der Waals surface area contributed by atoms with Crippen molar-refractivity contribution in [2.24, 2.45) is 5.92 Å². The molecule has 4 rings (SSSR count). The number of fused-ring (bicyclic) bond motifs is 1. The first-order valence-corrected chi connectivity index (χ1v) is 9.45. The molecule has 0 bridgehead atoms. The molecule has 1 saturated heterocycles. The summed E-state index contributed by atoms with van der Waals surface area (Å²) in [7, 11) is 1.68. The van der Waals surface area contributed by atoms with Crippen LogP contribution in [-0.4, -0.2) is 49.9 Å². The maximum atomic E-state index is 13.0. The van der Waals surface area contributed by atoms with Crippen molar-refractivity contribution in [2.45, 2.75) is 12.8 Å². The fraction of sp³-hybridized carbons (Fsp3) is 0.364. The maximum Gasteiger partial charge on any atom is 0.226 e. The van der Waals surface area contributed by atoms with Crippen LogP contribution in [0.5, 0.6) is 5.75 Å². The van der Waals surface area contributed by atoms with Gasteiger partial charge >= 0.3 is 0 Å². The first-order valence-electron chi connectivity index (χ1n) is 9.45. The molecule has 5 heteroatoms. The van der Waals surface area contributed by atoms with Gasteiger partial charge in [0, 0.05) is 44.1 Å². The molecule has 1 heterocycles. The highest BCUT2D eigenvalue weighted by Crippen LogP contribution is 2.30. The van der Waals surface area contributed by atoms with Crippen molar-refractivity contribution < 1.29 is 14.3 Å². The van der Waals surface area contributed by atoms with Crippen LogP contribution >= 0.6 is 0 Å². The number of carbonyl (C=O) groups is 2. The lowest BCUT2D eigenvalue weighted by Gasteiger charge is -2.38. The summed E-state index contributed by atoms with van der Waals surface area (Å²) in [6.45, 7) is 2.87. The molecule has 2 aromatic rings. The lowest BCUT2D eigenvalue weighted by Crippen LogP contribution is -2.51. The van der Waals surface area contributed by atoms with E-state index in [9.17, 15) is 9.59 Å². The molecule has 2 aliphatic rings. The van der Waals surface area contributed by atoms with Crippen molar-refractivity contribution in [3.8, 4) is 5.75 Å². The van der Waals surface area contributed by atoms with Crippen molar-refractivity contribution in [3.05, 3.63) is 59.7 Å². The number of hydrogen-bond acceptors (Lipinski definition) is 4. The van der Waals surface area contributed by atoms with E-state index < -0.39 is 0 Å². The molecule has 1 atom stereocenters. The van der Waals surface area contributed by atoms with Crippen LogP contribution in [-0.2, 0) is 11.2 Å². The number of piperazine rings is 1. The Bertz CT molecular complexity index is 856. The summed E-state index contributed by atoms with van der Waals surface area (Å²) >= 11 is 0. The van der Waals surface area contributed by atoms with Gasteiger partial charge in [-0.2, -0.15) is 0 Å². The zero-order chi connectivity index (χ0) is 18.8. The first kappa shape index (κ1) is 17.6. The molecule has 1 unspecified atom stereocenters. The standard InChI is InChI=1S/C22H24N2O3/c1-27-21-9-5-4-8-19(21)23-10-12-24(13-11-23)22(26)17-14-16-6-2-3-7-18(16)20(25)15-17/h2-9,17H,10-15H2,1H3. The van der Waals surface area contributed by atoms with E-state index in [2.05, 4.69) is 4.90 Å². The van der Waals surface area contributed by atoms with E-state index in [0.29, 0.717) is 25.9 Å². The summed E-state index contributed by atoms with van der Waals surface area (Å²) in [6.07, 6.45) is 0.982. The quantitative estimate of drug-likeness (QED) is 0.840. The minimum Gasteiger partial charge on any atom is -0.495 e. The fourth-order valence-corrected chi connectivity index (χ4v) is 4.13. The number of ketones is 1. The third-order valence-corrected chi connectivity index (χ3v) is 5.58. The van der Waals surface area contributed by atoms with E-state index in [1.54, 1.807) is 7.11 Å². The zero-order valence-electron chi connectivity index (χ0n) is 15.6. The van der Waals surface area contributed by atoms with Crippen LogP contribution < -0.4 is 9.64 Å². The Hall–Kier alpha value is -2.82. The van der Waals surface area contributed by atoms with Gasteiger partial charge in [0.1, 0.15) is 5.75 Å². The third kappa shape index (κ3) is 3.42. The molecule has 0 aromatic heterocycles. The van der Waals surface area contributed by atoms with Crippen LogP contribution in [0.1, 0.15) is 22.3 Å². The van der Waals surface area contributed by atoms with Crippen LogP contribution in [0.4, 0.5) is 5.69 Å². The van der Waals surface area contributed by atoms with E-state index in [4.69, 9.17) is 4.74 Å². The highest BCUT2D eigenvalue weighted by Gasteiger charge is 2.33. The number of carbonyl (C=O) groups excluding carboxylic acids is 2. The number of rotatable bonds is 3. The zero-order valence-corrected chi connectivity index (χ0v) is 15.6. The molecule has 1 aliphatic heterocycles. The van der Waals surface area contributed by atoms with Crippen LogP contribution in [0.2, 0.25) is 0 Å². The number of ether oxygens (including phenoxy) is 1. The van der Waals surface area contributed by atoms with Crippen molar-refractivity contribution in [1.82, 2.24) is 4.90 Å². The van der Waals surface area contributed by atoms with Gasteiger partial charge in [0.05, 0.1) is 12.8 Å². The second-order valence-electron chi connectivity index (χ2n) is 7.17. The van der Waals surface area contributed by atoms with E-state index in [0.717, 1.165) is 35.7 Å². The van der Waals surface area contributed by atoms with Crippen LogP contribution in [0.15, 0.2) is 48.5 Å². The highest BCUT2D eigenvalue weighted by molar-refractivity contribution is 6.01. The molecule has 1 aliphatic carbocycles. The second-order valence-corrected chi connectivity index (χ2v) is 7.17. The topological polar surface area (TPSA) is 49.9 Å². The van der Waals surface area contributed by atoms with Gasteiger partial charge < -0.3 is 14.5 Å². The Balaban J connectivity index is 1.41. The van der Waals surface area contributed by atoms with Gasteiger partial charge in [0.25, 0.3) is 0 Å². The molecule has 0 radical (unpaired) electrons. The Labute approximate surface area is 159 Å². The third-order valence-electron chi connectivity index (χ3n) is 5.58.